The van der Waals surface area contributed by atoms with Gasteiger partial charge in [0.05, 0.1) is 24.6 Å². The topological polar surface area (TPSA) is 120 Å². The zero-order valence-corrected chi connectivity index (χ0v) is 18.1. The number of carbonyl (C=O) groups is 1. The van der Waals surface area contributed by atoms with Crippen molar-refractivity contribution in [3.63, 3.8) is 0 Å². The van der Waals surface area contributed by atoms with Crippen LogP contribution in [-0.2, 0) is 4.74 Å². The molecule has 166 valence electrons. The number of aromatic amines is 1. The van der Waals surface area contributed by atoms with E-state index in [0.717, 1.165) is 16.7 Å². The highest BCUT2D eigenvalue weighted by Gasteiger charge is 2.13. The number of esters is 1. The van der Waals surface area contributed by atoms with Crippen LogP contribution in [0.3, 0.4) is 0 Å². The lowest BCUT2D eigenvalue weighted by Gasteiger charge is -2.08. The van der Waals surface area contributed by atoms with Crippen LogP contribution in [0.25, 0.3) is 22.4 Å². The van der Waals surface area contributed by atoms with Gasteiger partial charge in [0.25, 0.3) is 5.56 Å². The molecule has 0 aliphatic carbocycles. The molecule has 3 aromatic carbocycles. The Kier molecular flexibility index (Phi) is 6.56. The number of nitrogens with one attached hydrogen (secondary N) is 2. The van der Waals surface area contributed by atoms with Gasteiger partial charge in [-0.25, -0.2) is 15.2 Å². The van der Waals surface area contributed by atoms with Gasteiger partial charge in [-0.15, -0.1) is 0 Å². The van der Waals surface area contributed by atoms with Crippen molar-refractivity contribution in [3.8, 4) is 28.5 Å². The summed E-state index contributed by atoms with van der Waals surface area (Å²) in [5.41, 5.74) is 6.10. The molecule has 34 heavy (non-hydrogen) atoms. The smallest absolute Gasteiger partial charge is 0.337 e. The zero-order valence-electron chi connectivity index (χ0n) is 18.1. The lowest BCUT2D eigenvalue weighted by atomic mass is 9.99. The fraction of sp³-hybridized carbons (Fsp3) is 0.0385. The molecule has 1 heterocycles. The fourth-order valence-corrected chi connectivity index (χ4v) is 3.37. The molecule has 4 rings (SSSR count). The molecule has 0 radical (unpaired) electrons. The standard InChI is InChI=1S/C26H19N5O3/c1-34-25(33)19-13-11-17(12-14-19)21-10-6-5-9-20(21)16-28-31-26-29-23(18-7-3-2-4-8-18)22(15-27)24(32)30-26/h2-14,16H,1H3,(H2,29,30,31,32). The molecule has 0 aliphatic heterocycles. The van der Waals surface area contributed by atoms with E-state index in [2.05, 4.69) is 20.5 Å². The summed E-state index contributed by atoms with van der Waals surface area (Å²) < 4.78 is 4.74. The Bertz CT molecular complexity index is 1450. The molecule has 8 heteroatoms. The van der Waals surface area contributed by atoms with Crippen molar-refractivity contribution < 1.29 is 9.53 Å². The van der Waals surface area contributed by atoms with Gasteiger partial charge in [0, 0.05) is 11.1 Å². The Balaban J connectivity index is 1.61. The largest absolute Gasteiger partial charge is 0.465 e. The van der Waals surface area contributed by atoms with Crippen LogP contribution in [0.4, 0.5) is 5.95 Å². The number of H-pyrrole nitrogens is 1. The molecule has 0 saturated carbocycles. The molecule has 2 N–H and O–H groups in total. The SMILES string of the molecule is COC(=O)c1ccc(-c2ccccc2C=NNc2nc(-c3ccccc3)c(C#N)c(=O)[nH]2)cc1. The van der Waals surface area contributed by atoms with Crippen LogP contribution in [-0.4, -0.2) is 29.3 Å². The van der Waals surface area contributed by atoms with Crippen LogP contribution in [0.2, 0.25) is 0 Å². The molecule has 0 aliphatic rings. The third-order valence-corrected chi connectivity index (χ3v) is 5.03. The molecule has 4 aromatic rings. The number of ether oxygens (including phenoxy) is 1. The van der Waals surface area contributed by atoms with Gasteiger partial charge in [-0.05, 0) is 23.3 Å². The van der Waals surface area contributed by atoms with Gasteiger partial charge in [-0.3, -0.25) is 9.78 Å². The Labute approximate surface area is 195 Å². The fourth-order valence-electron chi connectivity index (χ4n) is 3.37. The number of aromatic nitrogens is 2. The summed E-state index contributed by atoms with van der Waals surface area (Å²) in [5, 5.41) is 13.6. The van der Waals surface area contributed by atoms with E-state index in [9.17, 15) is 14.9 Å². The second-order valence-electron chi connectivity index (χ2n) is 7.14. The Morgan fingerprint density at radius 3 is 2.44 bits per heavy atom. The number of hydrazone groups is 1. The predicted octanol–water partition coefficient (Wildman–Crippen LogP) is 4.21. The molecule has 0 unspecified atom stereocenters. The van der Waals surface area contributed by atoms with E-state index in [4.69, 9.17) is 4.74 Å². The maximum absolute atomic E-state index is 12.4. The monoisotopic (exact) mass is 449 g/mol. The summed E-state index contributed by atoms with van der Waals surface area (Å²) in [5.74, 6) is -0.289. The quantitative estimate of drug-likeness (QED) is 0.258. The lowest BCUT2D eigenvalue weighted by Crippen LogP contribution is -2.16. The third kappa shape index (κ3) is 4.74. The van der Waals surface area contributed by atoms with E-state index in [1.54, 1.807) is 42.6 Å². The molecule has 0 amide bonds. The van der Waals surface area contributed by atoms with Crippen LogP contribution in [0.15, 0.2) is 88.8 Å². The second-order valence-corrected chi connectivity index (χ2v) is 7.14. The summed E-state index contributed by atoms with van der Waals surface area (Å²) in [6.07, 6.45) is 1.60. The van der Waals surface area contributed by atoms with Crippen LogP contribution >= 0.6 is 0 Å². The van der Waals surface area contributed by atoms with Crippen molar-refractivity contribution in [3.05, 3.63) is 106 Å². The Hall–Kier alpha value is -5.03. The average Bonchev–Trinajstić information content (AvgIpc) is 2.89. The van der Waals surface area contributed by atoms with Crippen molar-refractivity contribution in [1.29, 1.82) is 5.26 Å². The van der Waals surface area contributed by atoms with Crippen LogP contribution < -0.4 is 11.0 Å². The number of nitrogens with zero attached hydrogens (tertiary/aromatic N) is 3. The Morgan fingerprint density at radius 1 is 1.03 bits per heavy atom. The normalized spacial score (nSPS) is 10.6. The van der Waals surface area contributed by atoms with E-state index in [0.29, 0.717) is 11.1 Å². The predicted molar refractivity (Wildman–Crippen MR) is 129 cm³/mol. The minimum atomic E-state index is -0.555. The number of methoxy groups -OCH3 is 1. The number of nitriles is 1. The zero-order chi connectivity index (χ0) is 23.9. The van der Waals surface area contributed by atoms with E-state index in [1.807, 2.05) is 48.5 Å². The number of carbonyl (C=O) groups excluding carboxylic acids is 1. The highest BCUT2D eigenvalue weighted by molar-refractivity contribution is 5.93. The van der Waals surface area contributed by atoms with Gasteiger partial charge in [0.15, 0.2) is 0 Å². The second kappa shape index (κ2) is 10.1. The maximum atomic E-state index is 12.4. The van der Waals surface area contributed by atoms with Gasteiger partial charge in [-0.1, -0.05) is 66.7 Å². The molecule has 1 aromatic heterocycles. The first kappa shape index (κ1) is 22.2. The van der Waals surface area contributed by atoms with Gasteiger partial charge in [-0.2, -0.15) is 10.4 Å². The lowest BCUT2D eigenvalue weighted by molar-refractivity contribution is 0.0600. The van der Waals surface area contributed by atoms with Gasteiger partial charge in [0.1, 0.15) is 11.6 Å². The molecule has 0 bridgehead atoms. The maximum Gasteiger partial charge on any atom is 0.337 e. The molecule has 0 saturated heterocycles. The highest BCUT2D eigenvalue weighted by atomic mass is 16.5. The van der Waals surface area contributed by atoms with E-state index in [1.165, 1.54) is 7.11 Å². The van der Waals surface area contributed by atoms with Crippen molar-refractivity contribution in [2.45, 2.75) is 0 Å². The molecule has 0 fully saturated rings. The summed E-state index contributed by atoms with van der Waals surface area (Å²) in [6.45, 7) is 0. The first-order valence-corrected chi connectivity index (χ1v) is 10.3. The van der Waals surface area contributed by atoms with Crippen molar-refractivity contribution in [2.75, 3.05) is 12.5 Å². The number of anilines is 1. The van der Waals surface area contributed by atoms with E-state index < -0.39 is 11.5 Å². The van der Waals surface area contributed by atoms with Gasteiger partial charge in [0.2, 0.25) is 5.95 Å². The minimum Gasteiger partial charge on any atom is -0.465 e. The van der Waals surface area contributed by atoms with Gasteiger partial charge >= 0.3 is 5.97 Å². The average molecular weight is 449 g/mol. The van der Waals surface area contributed by atoms with Crippen molar-refractivity contribution >= 4 is 18.1 Å². The minimum absolute atomic E-state index is 0.0681. The summed E-state index contributed by atoms with van der Waals surface area (Å²) in [7, 11) is 1.34. The summed E-state index contributed by atoms with van der Waals surface area (Å²) >= 11 is 0. The van der Waals surface area contributed by atoms with E-state index >= 15 is 0 Å². The summed E-state index contributed by atoms with van der Waals surface area (Å²) in [4.78, 5) is 31.0. The molecule has 8 nitrogen and oxygen atoms in total. The number of benzene rings is 3. The number of rotatable bonds is 6. The van der Waals surface area contributed by atoms with Gasteiger partial charge < -0.3 is 4.74 Å². The van der Waals surface area contributed by atoms with Crippen molar-refractivity contribution in [1.82, 2.24) is 9.97 Å². The third-order valence-electron chi connectivity index (χ3n) is 5.03. The van der Waals surface area contributed by atoms with Crippen LogP contribution in [0.5, 0.6) is 0 Å². The molecule has 0 atom stereocenters. The van der Waals surface area contributed by atoms with Crippen LogP contribution in [0.1, 0.15) is 21.5 Å². The number of hydrogen-bond donors (Lipinski definition) is 2. The molecule has 0 spiro atoms. The van der Waals surface area contributed by atoms with Crippen molar-refractivity contribution in [2.24, 2.45) is 5.10 Å². The highest BCUT2D eigenvalue weighted by Crippen LogP contribution is 2.23. The first-order chi connectivity index (χ1) is 16.6. The van der Waals surface area contributed by atoms with Crippen LogP contribution in [0, 0.1) is 11.3 Å². The summed E-state index contributed by atoms with van der Waals surface area (Å²) in [6, 6.07) is 25.6. The van der Waals surface area contributed by atoms with E-state index in [-0.39, 0.29) is 17.2 Å². The number of hydrogen-bond acceptors (Lipinski definition) is 7. The molecular formula is C26H19N5O3. The Morgan fingerprint density at radius 2 is 1.74 bits per heavy atom. The first-order valence-electron chi connectivity index (χ1n) is 10.3. The molecular weight excluding hydrogens is 430 g/mol.